The molecule has 1 aliphatic carbocycles. The van der Waals surface area contributed by atoms with Crippen molar-refractivity contribution in [3.63, 3.8) is 0 Å². The van der Waals surface area contributed by atoms with Crippen LogP contribution in [0.5, 0.6) is 0 Å². The van der Waals surface area contributed by atoms with Gasteiger partial charge in [0.2, 0.25) is 5.91 Å². The van der Waals surface area contributed by atoms with Gasteiger partial charge in [-0.2, -0.15) is 0 Å². The van der Waals surface area contributed by atoms with Crippen LogP contribution in [0.25, 0.3) is 11.1 Å². The van der Waals surface area contributed by atoms with Crippen LogP contribution in [0.15, 0.2) is 48.5 Å². The van der Waals surface area contributed by atoms with Gasteiger partial charge in [-0.05, 0) is 36.1 Å². The number of carboxylic acids is 1. The number of benzene rings is 2. The summed E-state index contributed by atoms with van der Waals surface area (Å²) in [7, 11) is 1.41. The maximum Gasteiger partial charge on any atom is 0.408 e. The average molecular weight is 440 g/mol. The van der Waals surface area contributed by atoms with Crippen LogP contribution in [0.4, 0.5) is 4.79 Å². The monoisotopic (exact) mass is 440 g/mol. The zero-order chi connectivity index (χ0) is 23.3. The minimum atomic E-state index is -1.43. The molecule has 32 heavy (non-hydrogen) atoms. The van der Waals surface area contributed by atoms with Crippen molar-refractivity contribution in [2.45, 2.75) is 37.8 Å². The number of hydrogen-bond acceptors (Lipinski definition) is 5. The van der Waals surface area contributed by atoms with Crippen molar-refractivity contribution in [2.24, 2.45) is 0 Å². The highest BCUT2D eigenvalue weighted by molar-refractivity contribution is 5.90. The van der Waals surface area contributed by atoms with Gasteiger partial charge in [0.15, 0.2) is 0 Å². The fourth-order valence-corrected chi connectivity index (χ4v) is 4.00. The fraction of sp³-hybridized carbons (Fsp3) is 0.375. The van der Waals surface area contributed by atoms with Crippen molar-refractivity contribution in [1.29, 1.82) is 0 Å². The zero-order valence-electron chi connectivity index (χ0n) is 18.4. The van der Waals surface area contributed by atoms with E-state index in [0.717, 1.165) is 22.3 Å². The predicted molar refractivity (Wildman–Crippen MR) is 118 cm³/mol. The minimum absolute atomic E-state index is 0.105. The highest BCUT2D eigenvalue weighted by Crippen LogP contribution is 2.44. The molecule has 0 aliphatic heterocycles. The molecule has 0 aromatic heterocycles. The summed E-state index contributed by atoms with van der Waals surface area (Å²) in [6.07, 6.45) is -0.993. The molecule has 0 radical (unpaired) electrons. The Kier molecular flexibility index (Phi) is 7.15. The number of nitrogens with one attached hydrogen (secondary N) is 2. The van der Waals surface area contributed by atoms with Crippen LogP contribution in [0.1, 0.15) is 37.3 Å². The molecular weight excluding hydrogens is 412 g/mol. The van der Waals surface area contributed by atoms with Crippen molar-refractivity contribution >= 4 is 18.0 Å². The Balaban J connectivity index is 1.67. The van der Waals surface area contributed by atoms with Gasteiger partial charge in [-0.25, -0.2) is 4.79 Å². The molecule has 2 amide bonds. The van der Waals surface area contributed by atoms with Gasteiger partial charge in [-0.3, -0.25) is 9.59 Å². The smallest absolute Gasteiger partial charge is 0.408 e. The van der Waals surface area contributed by atoms with E-state index in [2.05, 4.69) is 10.6 Å². The van der Waals surface area contributed by atoms with E-state index in [9.17, 15) is 14.4 Å². The van der Waals surface area contributed by atoms with Crippen molar-refractivity contribution < 1.29 is 29.0 Å². The number of ether oxygens (including phenoxy) is 2. The topological polar surface area (TPSA) is 114 Å². The van der Waals surface area contributed by atoms with Gasteiger partial charge in [-0.15, -0.1) is 0 Å². The van der Waals surface area contributed by atoms with Crippen LogP contribution in [-0.2, 0) is 19.1 Å². The predicted octanol–water partition coefficient (Wildman–Crippen LogP) is 2.91. The molecule has 3 N–H and O–H groups in total. The SMILES string of the molecule is COCC(C)(NC(=O)OCC1c2ccccc2-c2ccccc21)C(=O)N[C@@H](C)CC(=O)O. The van der Waals surface area contributed by atoms with Crippen LogP contribution in [0.3, 0.4) is 0 Å². The van der Waals surface area contributed by atoms with E-state index in [0.29, 0.717) is 0 Å². The molecule has 0 saturated carbocycles. The first kappa shape index (κ1) is 23.3. The van der Waals surface area contributed by atoms with Crippen LogP contribution in [-0.4, -0.2) is 55.0 Å². The van der Waals surface area contributed by atoms with Gasteiger partial charge in [-0.1, -0.05) is 48.5 Å². The lowest BCUT2D eigenvalue weighted by molar-refractivity contribution is -0.138. The second-order valence-corrected chi connectivity index (χ2v) is 8.19. The van der Waals surface area contributed by atoms with E-state index < -0.39 is 29.6 Å². The van der Waals surface area contributed by atoms with E-state index >= 15 is 0 Å². The highest BCUT2D eigenvalue weighted by Gasteiger charge is 2.37. The number of rotatable bonds is 9. The number of carboxylic acid groups (broad SMARTS) is 1. The van der Waals surface area contributed by atoms with Gasteiger partial charge in [0, 0.05) is 19.1 Å². The quantitative estimate of drug-likeness (QED) is 0.553. The summed E-state index contributed by atoms with van der Waals surface area (Å²) >= 11 is 0. The second-order valence-electron chi connectivity index (χ2n) is 8.19. The van der Waals surface area contributed by atoms with E-state index in [1.165, 1.54) is 14.0 Å². The van der Waals surface area contributed by atoms with Crippen LogP contribution in [0.2, 0.25) is 0 Å². The van der Waals surface area contributed by atoms with E-state index in [-0.39, 0.29) is 25.6 Å². The summed E-state index contributed by atoms with van der Waals surface area (Å²) in [5.74, 6) is -1.69. The normalized spacial score (nSPS) is 15.1. The molecule has 170 valence electrons. The van der Waals surface area contributed by atoms with Crippen molar-refractivity contribution in [3.8, 4) is 11.1 Å². The van der Waals surface area contributed by atoms with E-state index in [1.54, 1.807) is 6.92 Å². The Bertz CT molecular complexity index is 962. The molecule has 1 aliphatic rings. The Hall–Kier alpha value is -3.39. The third kappa shape index (κ3) is 5.08. The molecule has 0 bridgehead atoms. The van der Waals surface area contributed by atoms with Crippen LogP contribution >= 0.6 is 0 Å². The number of carbonyl (C=O) groups excluding carboxylic acids is 2. The molecule has 2 atom stereocenters. The lowest BCUT2D eigenvalue weighted by atomic mass is 9.98. The summed E-state index contributed by atoms with van der Waals surface area (Å²) in [5.41, 5.74) is 2.98. The van der Waals surface area contributed by atoms with Crippen LogP contribution < -0.4 is 10.6 Å². The summed E-state index contributed by atoms with van der Waals surface area (Å²) in [5, 5.41) is 14.1. The van der Waals surface area contributed by atoms with Gasteiger partial charge in [0.25, 0.3) is 0 Å². The number of hydrogen-bond donors (Lipinski definition) is 3. The lowest BCUT2D eigenvalue weighted by Gasteiger charge is -2.30. The maximum absolute atomic E-state index is 12.7. The minimum Gasteiger partial charge on any atom is -0.481 e. The number of aliphatic carboxylic acids is 1. The van der Waals surface area contributed by atoms with Crippen molar-refractivity contribution in [3.05, 3.63) is 59.7 Å². The number of fused-ring (bicyclic) bond motifs is 3. The van der Waals surface area contributed by atoms with Gasteiger partial charge >= 0.3 is 12.1 Å². The Morgan fingerprint density at radius 3 is 2.16 bits per heavy atom. The van der Waals surface area contributed by atoms with E-state index in [4.69, 9.17) is 14.6 Å². The molecule has 0 spiro atoms. The summed E-state index contributed by atoms with van der Waals surface area (Å²) in [4.78, 5) is 36.2. The second kappa shape index (κ2) is 9.82. The molecular formula is C24H28N2O6. The third-order valence-electron chi connectivity index (χ3n) is 5.51. The van der Waals surface area contributed by atoms with Gasteiger partial charge < -0.3 is 25.2 Å². The van der Waals surface area contributed by atoms with Crippen molar-refractivity contribution in [2.75, 3.05) is 20.3 Å². The molecule has 3 rings (SSSR count). The highest BCUT2D eigenvalue weighted by atomic mass is 16.5. The number of alkyl carbamates (subject to hydrolysis) is 1. The molecule has 8 heteroatoms. The Labute approximate surface area is 186 Å². The largest absolute Gasteiger partial charge is 0.481 e. The van der Waals surface area contributed by atoms with Crippen molar-refractivity contribution in [1.82, 2.24) is 10.6 Å². The summed E-state index contributed by atoms with van der Waals surface area (Å²) < 4.78 is 10.6. The molecule has 2 aromatic rings. The lowest BCUT2D eigenvalue weighted by Crippen LogP contribution is -2.61. The molecule has 8 nitrogen and oxygen atoms in total. The Morgan fingerprint density at radius 2 is 1.62 bits per heavy atom. The standard InChI is InChI=1S/C24H28N2O6/c1-15(12-21(27)28)25-22(29)24(2,14-31-3)26-23(30)32-13-20-18-10-6-4-8-16(18)17-9-5-7-11-19(17)20/h4-11,15,20H,12-14H2,1-3H3,(H,25,29)(H,26,30)(H,27,28)/t15-,24?/m0/s1. The molecule has 0 fully saturated rings. The molecule has 1 unspecified atom stereocenters. The first-order valence-electron chi connectivity index (χ1n) is 10.4. The molecule has 0 saturated heterocycles. The number of carbonyl (C=O) groups is 3. The summed E-state index contributed by atoms with van der Waals surface area (Å²) in [6.45, 7) is 3.08. The fourth-order valence-electron chi connectivity index (χ4n) is 4.00. The third-order valence-corrected chi connectivity index (χ3v) is 5.51. The van der Waals surface area contributed by atoms with Gasteiger partial charge in [0.1, 0.15) is 12.1 Å². The average Bonchev–Trinajstić information content (AvgIpc) is 3.05. The molecule has 2 aromatic carbocycles. The molecule has 0 heterocycles. The first-order chi connectivity index (χ1) is 15.2. The Morgan fingerprint density at radius 1 is 1.06 bits per heavy atom. The maximum atomic E-state index is 12.7. The van der Waals surface area contributed by atoms with E-state index in [1.807, 2.05) is 48.5 Å². The van der Waals surface area contributed by atoms with Crippen LogP contribution in [0, 0.1) is 0 Å². The number of methoxy groups -OCH3 is 1. The summed E-state index contributed by atoms with van der Waals surface area (Å²) in [6, 6.07) is 15.4. The zero-order valence-corrected chi connectivity index (χ0v) is 18.4. The van der Waals surface area contributed by atoms with Gasteiger partial charge in [0.05, 0.1) is 13.0 Å². The number of amides is 2. The first-order valence-corrected chi connectivity index (χ1v) is 10.4.